The number of benzene rings is 2. The number of piperidine rings is 1. The van der Waals surface area contributed by atoms with Crippen molar-refractivity contribution >= 4 is 29.3 Å². The molecule has 3 amide bonds. The Hall–Kier alpha value is -2.86. The van der Waals surface area contributed by atoms with E-state index in [0.29, 0.717) is 42.9 Å². The number of hydrogen-bond acceptors (Lipinski definition) is 3. The van der Waals surface area contributed by atoms with Crippen LogP contribution in [-0.2, 0) is 16.0 Å². The molecule has 158 valence electrons. The van der Waals surface area contributed by atoms with Crippen molar-refractivity contribution in [3.8, 4) is 0 Å². The number of likely N-dealkylation sites (tertiary alicyclic amines) is 1. The molecule has 1 fully saturated rings. The molecule has 0 atom stereocenters. The number of nitrogens with zero attached hydrogens (tertiary/aromatic N) is 1. The van der Waals surface area contributed by atoms with Crippen LogP contribution in [0.2, 0.25) is 5.02 Å². The number of aryl methyl sites for hydroxylation is 1. The molecule has 0 aliphatic carbocycles. The van der Waals surface area contributed by atoms with Crippen LogP contribution in [0, 0.1) is 0 Å². The molecule has 2 aromatic carbocycles. The van der Waals surface area contributed by atoms with Gasteiger partial charge in [-0.2, -0.15) is 0 Å². The van der Waals surface area contributed by atoms with Gasteiger partial charge in [-0.1, -0.05) is 48.0 Å². The molecule has 7 heteroatoms. The Morgan fingerprint density at radius 2 is 1.73 bits per heavy atom. The molecule has 1 saturated heterocycles. The van der Waals surface area contributed by atoms with Gasteiger partial charge >= 0.3 is 0 Å². The van der Waals surface area contributed by atoms with Gasteiger partial charge < -0.3 is 15.5 Å². The lowest BCUT2D eigenvalue weighted by Gasteiger charge is -2.32. The molecule has 1 aliphatic heterocycles. The van der Waals surface area contributed by atoms with Crippen LogP contribution >= 0.6 is 11.6 Å². The molecule has 6 nitrogen and oxygen atoms in total. The SMILES string of the molecule is O=C(CCc1ccccc1)NC1CCN(C(=O)CNC(=O)c2cccc(Cl)c2)CC1. The normalized spacial score (nSPS) is 14.2. The predicted molar refractivity (Wildman–Crippen MR) is 116 cm³/mol. The molecule has 3 rings (SSSR count). The summed E-state index contributed by atoms with van der Waals surface area (Å²) < 4.78 is 0. The van der Waals surface area contributed by atoms with Gasteiger partial charge in [-0.3, -0.25) is 14.4 Å². The first kappa shape index (κ1) is 21.8. The third-order valence-electron chi connectivity index (χ3n) is 5.18. The molecular weight excluding hydrogens is 402 g/mol. The van der Waals surface area contributed by atoms with Crippen LogP contribution in [0.15, 0.2) is 54.6 Å². The van der Waals surface area contributed by atoms with E-state index in [1.54, 1.807) is 29.2 Å². The molecule has 0 radical (unpaired) electrons. The Balaban J connectivity index is 1.35. The second kappa shape index (κ2) is 10.8. The van der Waals surface area contributed by atoms with E-state index in [0.717, 1.165) is 12.0 Å². The molecule has 0 aromatic heterocycles. The maximum absolute atomic E-state index is 12.4. The van der Waals surface area contributed by atoms with Crippen LogP contribution in [-0.4, -0.2) is 48.3 Å². The van der Waals surface area contributed by atoms with Crippen molar-refractivity contribution in [3.63, 3.8) is 0 Å². The number of carbonyl (C=O) groups excluding carboxylic acids is 3. The lowest BCUT2D eigenvalue weighted by atomic mass is 10.0. The zero-order chi connectivity index (χ0) is 21.3. The largest absolute Gasteiger partial charge is 0.353 e. The summed E-state index contributed by atoms with van der Waals surface area (Å²) in [6.45, 7) is 1.07. The lowest BCUT2D eigenvalue weighted by molar-refractivity contribution is -0.131. The minimum Gasteiger partial charge on any atom is -0.353 e. The van der Waals surface area contributed by atoms with Crippen LogP contribution in [0.25, 0.3) is 0 Å². The molecule has 0 unspecified atom stereocenters. The fourth-order valence-corrected chi connectivity index (χ4v) is 3.67. The summed E-state index contributed by atoms with van der Waals surface area (Å²) in [5.41, 5.74) is 1.57. The Morgan fingerprint density at radius 1 is 1.00 bits per heavy atom. The van der Waals surface area contributed by atoms with E-state index in [2.05, 4.69) is 10.6 Å². The van der Waals surface area contributed by atoms with E-state index < -0.39 is 0 Å². The molecule has 0 spiro atoms. The van der Waals surface area contributed by atoms with Crippen molar-refractivity contribution in [2.75, 3.05) is 19.6 Å². The van der Waals surface area contributed by atoms with Gasteiger partial charge in [-0.05, 0) is 43.0 Å². The summed E-state index contributed by atoms with van der Waals surface area (Å²) in [7, 11) is 0. The average Bonchev–Trinajstić information content (AvgIpc) is 2.77. The second-order valence-corrected chi connectivity index (χ2v) is 7.84. The third-order valence-corrected chi connectivity index (χ3v) is 5.42. The maximum Gasteiger partial charge on any atom is 0.251 e. The fourth-order valence-electron chi connectivity index (χ4n) is 3.48. The average molecular weight is 428 g/mol. The molecule has 0 saturated carbocycles. The first-order chi connectivity index (χ1) is 14.5. The third kappa shape index (κ3) is 6.59. The lowest BCUT2D eigenvalue weighted by Crippen LogP contribution is -2.49. The molecule has 2 N–H and O–H groups in total. The molecule has 30 heavy (non-hydrogen) atoms. The van der Waals surface area contributed by atoms with Crippen LogP contribution in [0.3, 0.4) is 0 Å². The van der Waals surface area contributed by atoms with Crippen molar-refractivity contribution in [1.82, 2.24) is 15.5 Å². The standard InChI is InChI=1S/C23H26ClN3O3/c24-19-8-4-7-18(15-19)23(30)25-16-22(29)27-13-11-20(12-14-27)26-21(28)10-9-17-5-2-1-3-6-17/h1-8,15,20H,9-14,16H2,(H,25,30)(H,26,28). The van der Waals surface area contributed by atoms with Crippen molar-refractivity contribution in [3.05, 3.63) is 70.7 Å². The minimum atomic E-state index is -0.327. The van der Waals surface area contributed by atoms with Crippen molar-refractivity contribution < 1.29 is 14.4 Å². The van der Waals surface area contributed by atoms with Crippen LogP contribution in [0.5, 0.6) is 0 Å². The summed E-state index contributed by atoms with van der Waals surface area (Å²) >= 11 is 5.89. The highest BCUT2D eigenvalue weighted by Crippen LogP contribution is 2.12. The van der Waals surface area contributed by atoms with Crippen molar-refractivity contribution in [2.45, 2.75) is 31.7 Å². The van der Waals surface area contributed by atoms with Gasteiger partial charge in [0.05, 0.1) is 6.54 Å². The van der Waals surface area contributed by atoms with Gasteiger partial charge in [0.15, 0.2) is 0 Å². The Morgan fingerprint density at radius 3 is 2.43 bits per heavy atom. The maximum atomic E-state index is 12.4. The van der Waals surface area contributed by atoms with Crippen molar-refractivity contribution in [1.29, 1.82) is 0 Å². The molecule has 1 heterocycles. The van der Waals surface area contributed by atoms with Gasteiger partial charge in [-0.15, -0.1) is 0 Å². The Labute approximate surface area is 181 Å². The van der Waals surface area contributed by atoms with E-state index in [1.165, 1.54) is 0 Å². The van der Waals surface area contributed by atoms with Gasteiger partial charge in [-0.25, -0.2) is 0 Å². The first-order valence-corrected chi connectivity index (χ1v) is 10.5. The van der Waals surface area contributed by atoms with Gasteiger partial charge in [0.1, 0.15) is 0 Å². The highest BCUT2D eigenvalue weighted by atomic mass is 35.5. The number of rotatable bonds is 7. The fraction of sp³-hybridized carbons (Fsp3) is 0.348. The first-order valence-electron chi connectivity index (χ1n) is 10.2. The summed E-state index contributed by atoms with van der Waals surface area (Å²) in [5, 5.41) is 6.18. The van der Waals surface area contributed by atoms with E-state index in [-0.39, 0.29) is 30.3 Å². The van der Waals surface area contributed by atoms with Crippen molar-refractivity contribution in [2.24, 2.45) is 0 Å². The highest BCUT2D eigenvalue weighted by Gasteiger charge is 2.24. The quantitative estimate of drug-likeness (QED) is 0.713. The highest BCUT2D eigenvalue weighted by molar-refractivity contribution is 6.30. The smallest absolute Gasteiger partial charge is 0.251 e. The van der Waals surface area contributed by atoms with Crippen LogP contribution in [0.1, 0.15) is 35.2 Å². The summed E-state index contributed by atoms with van der Waals surface area (Å²) in [6, 6.07) is 16.6. The van der Waals surface area contributed by atoms with E-state index in [4.69, 9.17) is 11.6 Å². The zero-order valence-electron chi connectivity index (χ0n) is 16.8. The van der Waals surface area contributed by atoms with Crippen LogP contribution in [0.4, 0.5) is 0 Å². The summed E-state index contributed by atoms with van der Waals surface area (Å²) in [4.78, 5) is 38.4. The Kier molecular flexibility index (Phi) is 7.85. The van der Waals surface area contributed by atoms with E-state index >= 15 is 0 Å². The van der Waals surface area contributed by atoms with Gasteiger partial charge in [0, 0.05) is 36.1 Å². The number of carbonyl (C=O) groups is 3. The number of nitrogens with one attached hydrogen (secondary N) is 2. The monoisotopic (exact) mass is 427 g/mol. The molecule has 2 aromatic rings. The predicted octanol–water partition coefficient (Wildman–Crippen LogP) is 2.81. The second-order valence-electron chi connectivity index (χ2n) is 7.40. The summed E-state index contributed by atoms with van der Waals surface area (Å²) in [6.07, 6.45) is 2.60. The number of hydrogen-bond donors (Lipinski definition) is 2. The molecule has 1 aliphatic rings. The van der Waals surface area contributed by atoms with E-state index in [1.807, 2.05) is 30.3 Å². The summed E-state index contributed by atoms with van der Waals surface area (Å²) in [5.74, 6) is -0.414. The number of amides is 3. The van der Waals surface area contributed by atoms with Gasteiger partial charge in [0.2, 0.25) is 11.8 Å². The van der Waals surface area contributed by atoms with Crippen LogP contribution < -0.4 is 10.6 Å². The topological polar surface area (TPSA) is 78.5 Å². The van der Waals surface area contributed by atoms with E-state index in [9.17, 15) is 14.4 Å². The number of halogens is 1. The Bertz CT molecular complexity index is 880. The molecule has 0 bridgehead atoms. The van der Waals surface area contributed by atoms with Gasteiger partial charge in [0.25, 0.3) is 5.91 Å². The zero-order valence-corrected chi connectivity index (χ0v) is 17.5. The minimum absolute atomic E-state index is 0.0393. The molecular formula is C23H26ClN3O3.